The van der Waals surface area contributed by atoms with Crippen LogP contribution in [0.25, 0.3) is 0 Å². The van der Waals surface area contributed by atoms with Crippen LogP contribution in [0.3, 0.4) is 0 Å². The fourth-order valence-corrected chi connectivity index (χ4v) is 4.11. The van der Waals surface area contributed by atoms with Gasteiger partial charge in [-0.15, -0.1) is 12.4 Å². The molecule has 2 N–H and O–H groups in total. The number of carbonyl (C=O) groups is 2. The molecule has 0 aromatic rings. The monoisotopic (exact) mass is 389 g/mol. The Hall–Kier alpha value is -1.05. The van der Waals surface area contributed by atoms with E-state index >= 15 is 0 Å². The van der Waals surface area contributed by atoms with Gasteiger partial charge in [-0.1, -0.05) is 26.2 Å². The van der Waals surface area contributed by atoms with Gasteiger partial charge in [0.15, 0.2) is 0 Å². The second kappa shape index (κ2) is 9.24. The van der Waals surface area contributed by atoms with Crippen LogP contribution in [-0.2, 0) is 9.53 Å². The number of aliphatic hydroxyl groups excluding tert-OH is 1. The Kier molecular flexibility index (Phi) is 7.55. The van der Waals surface area contributed by atoms with Crippen LogP contribution in [0, 0.1) is 0 Å². The van der Waals surface area contributed by atoms with E-state index in [9.17, 15) is 14.7 Å². The number of likely N-dealkylation sites (tertiary alicyclic amines) is 1. The Morgan fingerprint density at radius 3 is 2.65 bits per heavy atom. The van der Waals surface area contributed by atoms with Crippen molar-refractivity contribution < 1.29 is 19.4 Å². The number of carbonyl (C=O) groups excluding carboxylic acids is 2. The highest BCUT2D eigenvalue weighted by atomic mass is 35.5. The first-order valence-electron chi connectivity index (χ1n) is 9.71. The molecule has 0 aromatic heterocycles. The number of ether oxygens (including phenoxy) is 1. The molecule has 3 aliphatic rings. The molecule has 3 rings (SSSR count). The number of hydrogen-bond acceptors (Lipinski definition) is 5. The molecule has 3 saturated heterocycles. The number of aliphatic hydroxyl groups is 1. The number of rotatable bonds is 6. The molecule has 0 bridgehead atoms. The maximum Gasteiger partial charge on any atom is 0.410 e. The molecule has 26 heavy (non-hydrogen) atoms. The zero-order valence-corrected chi connectivity index (χ0v) is 16.4. The van der Waals surface area contributed by atoms with Crippen LogP contribution in [0.15, 0.2) is 0 Å². The van der Waals surface area contributed by atoms with Crippen molar-refractivity contribution in [3.63, 3.8) is 0 Å². The Bertz CT molecular complexity index is 497. The van der Waals surface area contributed by atoms with E-state index in [0.29, 0.717) is 45.4 Å². The minimum atomic E-state index is -0.429. The van der Waals surface area contributed by atoms with Gasteiger partial charge in [-0.3, -0.25) is 4.79 Å². The van der Waals surface area contributed by atoms with Crippen LogP contribution in [-0.4, -0.2) is 77.4 Å². The molecule has 3 heterocycles. The average Bonchev–Trinajstić information content (AvgIpc) is 3.16. The second-order valence-corrected chi connectivity index (χ2v) is 7.71. The zero-order valence-electron chi connectivity index (χ0n) is 15.6. The summed E-state index contributed by atoms with van der Waals surface area (Å²) in [4.78, 5) is 28.4. The molecule has 150 valence electrons. The summed E-state index contributed by atoms with van der Waals surface area (Å²) in [5.41, 5.74) is -0.415. The Morgan fingerprint density at radius 1 is 1.31 bits per heavy atom. The van der Waals surface area contributed by atoms with Gasteiger partial charge in [-0.05, 0) is 12.8 Å². The molecule has 0 aliphatic carbocycles. The van der Waals surface area contributed by atoms with E-state index < -0.39 is 11.7 Å². The molecule has 0 saturated carbocycles. The Balaban J connectivity index is 0.00000243. The summed E-state index contributed by atoms with van der Waals surface area (Å²) in [6.07, 6.45) is 5.83. The van der Waals surface area contributed by atoms with Gasteiger partial charge in [0.25, 0.3) is 0 Å². The third-order valence-electron chi connectivity index (χ3n) is 5.71. The maximum absolute atomic E-state index is 12.5. The summed E-state index contributed by atoms with van der Waals surface area (Å²) in [7, 11) is 0. The lowest BCUT2D eigenvalue weighted by atomic mass is 9.91. The number of halogens is 1. The fraction of sp³-hybridized carbons (Fsp3) is 0.889. The molecule has 0 aromatic carbocycles. The molecule has 2 amide bonds. The quantitative estimate of drug-likeness (QED) is 0.673. The third kappa shape index (κ3) is 4.81. The molecule has 3 aliphatic heterocycles. The Morgan fingerprint density at radius 2 is 2.04 bits per heavy atom. The number of piperidine rings is 1. The van der Waals surface area contributed by atoms with Gasteiger partial charge in [-0.2, -0.15) is 0 Å². The van der Waals surface area contributed by atoms with Gasteiger partial charge in [0.2, 0.25) is 5.91 Å². The lowest BCUT2D eigenvalue weighted by Gasteiger charge is -2.38. The van der Waals surface area contributed by atoms with Gasteiger partial charge in [0, 0.05) is 39.0 Å². The number of nitrogens with zero attached hydrogens (tertiary/aromatic N) is 2. The van der Waals surface area contributed by atoms with Gasteiger partial charge >= 0.3 is 6.09 Å². The summed E-state index contributed by atoms with van der Waals surface area (Å²) in [6, 6.07) is -0.273. The van der Waals surface area contributed by atoms with Crippen LogP contribution >= 0.6 is 12.4 Å². The predicted octanol–water partition coefficient (Wildman–Crippen LogP) is 1.52. The van der Waals surface area contributed by atoms with Crippen molar-refractivity contribution in [1.29, 1.82) is 0 Å². The molecule has 3 fully saturated rings. The molecular weight excluding hydrogens is 358 g/mol. The number of amides is 2. The SMILES string of the molecule is CCCCCCN1CC2(CCN(C(=O)[C@@H]3C[C@@H](O)CN3)CC2)OC1=O.Cl. The summed E-state index contributed by atoms with van der Waals surface area (Å²) in [6.45, 7) is 5.32. The van der Waals surface area contributed by atoms with Gasteiger partial charge in [-0.25, -0.2) is 4.79 Å². The largest absolute Gasteiger partial charge is 0.441 e. The Labute approximate surface area is 161 Å². The third-order valence-corrected chi connectivity index (χ3v) is 5.71. The summed E-state index contributed by atoms with van der Waals surface area (Å²) < 4.78 is 5.72. The predicted molar refractivity (Wildman–Crippen MR) is 100 cm³/mol. The number of unbranched alkanes of at least 4 members (excludes halogenated alkanes) is 3. The van der Waals surface area contributed by atoms with E-state index in [1.807, 2.05) is 9.80 Å². The van der Waals surface area contributed by atoms with Crippen molar-refractivity contribution in [3.05, 3.63) is 0 Å². The number of hydrogen-bond donors (Lipinski definition) is 2. The van der Waals surface area contributed by atoms with Crippen LogP contribution in [0.5, 0.6) is 0 Å². The van der Waals surface area contributed by atoms with E-state index in [0.717, 1.165) is 19.4 Å². The summed E-state index contributed by atoms with van der Waals surface area (Å²) in [5.74, 6) is 0.0622. The van der Waals surface area contributed by atoms with Crippen molar-refractivity contribution in [2.24, 2.45) is 0 Å². The highest BCUT2D eigenvalue weighted by Crippen LogP contribution is 2.33. The van der Waals surface area contributed by atoms with Gasteiger partial charge in [0.1, 0.15) is 5.60 Å². The standard InChI is InChI=1S/C18H31N3O4.ClH/c1-2-3-4-5-8-21-13-18(25-17(21)24)6-9-20(10-7-18)16(23)15-11-14(22)12-19-15;/h14-15,19,22H,2-13H2,1H3;1H/t14-,15+;/m1./s1. The van der Waals surface area contributed by atoms with Crippen molar-refractivity contribution in [1.82, 2.24) is 15.1 Å². The zero-order chi connectivity index (χ0) is 17.9. The topological polar surface area (TPSA) is 82.1 Å². The smallest absolute Gasteiger partial charge is 0.410 e. The minimum absolute atomic E-state index is 0. The van der Waals surface area contributed by atoms with E-state index in [1.165, 1.54) is 12.8 Å². The first-order chi connectivity index (χ1) is 12.0. The average molecular weight is 390 g/mol. The van der Waals surface area contributed by atoms with Crippen molar-refractivity contribution in [2.75, 3.05) is 32.7 Å². The van der Waals surface area contributed by atoms with Crippen molar-refractivity contribution in [2.45, 2.75) is 69.6 Å². The minimum Gasteiger partial charge on any atom is -0.441 e. The lowest BCUT2D eigenvalue weighted by Crippen LogP contribution is -2.52. The van der Waals surface area contributed by atoms with E-state index in [-0.39, 0.29) is 30.4 Å². The molecule has 8 heteroatoms. The van der Waals surface area contributed by atoms with Crippen LogP contribution in [0.4, 0.5) is 4.79 Å². The highest BCUT2D eigenvalue weighted by molar-refractivity contribution is 5.85. The van der Waals surface area contributed by atoms with Crippen LogP contribution < -0.4 is 5.32 Å². The van der Waals surface area contributed by atoms with E-state index in [1.54, 1.807) is 0 Å². The second-order valence-electron chi connectivity index (χ2n) is 7.71. The molecule has 7 nitrogen and oxygen atoms in total. The molecule has 0 radical (unpaired) electrons. The maximum atomic E-state index is 12.5. The number of β-amino-alcohol motifs (C(OH)–C–C–N with tert-alkyl or cyclic N) is 1. The first kappa shape index (κ1) is 21.3. The first-order valence-corrected chi connectivity index (χ1v) is 9.71. The lowest BCUT2D eigenvalue weighted by molar-refractivity contribution is -0.136. The van der Waals surface area contributed by atoms with Crippen LogP contribution in [0.1, 0.15) is 51.9 Å². The summed E-state index contributed by atoms with van der Waals surface area (Å²) >= 11 is 0. The van der Waals surface area contributed by atoms with E-state index in [2.05, 4.69) is 12.2 Å². The van der Waals surface area contributed by atoms with Gasteiger partial charge in [0.05, 0.1) is 18.7 Å². The molecule has 1 spiro atoms. The fourth-order valence-electron chi connectivity index (χ4n) is 4.11. The molecular formula is C18H32ClN3O4. The normalized spacial score (nSPS) is 27.5. The molecule has 2 atom stereocenters. The van der Waals surface area contributed by atoms with Crippen molar-refractivity contribution >= 4 is 24.4 Å². The molecule has 0 unspecified atom stereocenters. The summed E-state index contributed by atoms with van der Waals surface area (Å²) in [5, 5.41) is 12.7. The van der Waals surface area contributed by atoms with E-state index in [4.69, 9.17) is 4.74 Å². The number of nitrogens with one attached hydrogen (secondary N) is 1. The highest BCUT2D eigenvalue weighted by Gasteiger charge is 2.47. The van der Waals surface area contributed by atoms with Crippen LogP contribution in [0.2, 0.25) is 0 Å². The van der Waals surface area contributed by atoms with Crippen molar-refractivity contribution in [3.8, 4) is 0 Å². The van der Waals surface area contributed by atoms with Gasteiger partial charge < -0.3 is 25.0 Å².